The standard InChI is InChI=1S/C10H20N4O/c1-11-10-12-4-5-14(10)7-6-13(2)8-9-15-3/h4-5H,6-9H2,1-3H3,(H,11,12). The Bertz CT molecular complexity index is 274. The molecule has 0 unspecified atom stereocenters. The van der Waals surface area contributed by atoms with Gasteiger partial charge in [0.05, 0.1) is 6.61 Å². The Balaban J connectivity index is 2.30. The highest BCUT2D eigenvalue weighted by atomic mass is 16.5. The topological polar surface area (TPSA) is 42.3 Å². The maximum Gasteiger partial charge on any atom is 0.202 e. The van der Waals surface area contributed by atoms with Crippen molar-refractivity contribution in [2.45, 2.75) is 6.54 Å². The minimum absolute atomic E-state index is 0.777. The first kappa shape index (κ1) is 12.0. The molecular formula is C10H20N4O. The number of hydrogen-bond donors (Lipinski definition) is 1. The van der Waals surface area contributed by atoms with Gasteiger partial charge in [-0.15, -0.1) is 0 Å². The van der Waals surface area contributed by atoms with E-state index >= 15 is 0 Å². The van der Waals surface area contributed by atoms with E-state index in [4.69, 9.17) is 4.74 Å². The average molecular weight is 212 g/mol. The van der Waals surface area contributed by atoms with E-state index < -0.39 is 0 Å². The molecule has 0 aliphatic heterocycles. The molecular weight excluding hydrogens is 192 g/mol. The molecule has 0 saturated heterocycles. The molecule has 0 fully saturated rings. The Morgan fingerprint density at radius 2 is 2.33 bits per heavy atom. The number of likely N-dealkylation sites (N-methyl/N-ethyl adjacent to an activating group) is 1. The summed E-state index contributed by atoms with van der Waals surface area (Å²) in [5.41, 5.74) is 0. The fraction of sp³-hybridized carbons (Fsp3) is 0.700. The SMILES string of the molecule is CNc1nccn1CCN(C)CCOC. The third kappa shape index (κ3) is 3.89. The van der Waals surface area contributed by atoms with E-state index in [2.05, 4.69) is 26.8 Å². The lowest BCUT2D eigenvalue weighted by Crippen LogP contribution is -2.26. The summed E-state index contributed by atoms with van der Waals surface area (Å²) in [5.74, 6) is 0.912. The molecule has 5 nitrogen and oxygen atoms in total. The third-order valence-electron chi connectivity index (χ3n) is 2.34. The molecule has 15 heavy (non-hydrogen) atoms. The van der Waals surface area contributed by atoms with Gasteiger partial charge in [-0.2, -0.15) is 0 Å². The number of hydrogen-bond acceptors (Lipinski definition) is 4. The Labute approximate surface area is 91.0 Å². The predicted octanol–water partition coefficient (Wildman–Crippen LogP) is 0.503. The number of anilines is 1. The molecule has 86 valence electrons. The van der Waals surface area contributed by atoms with Crippen molar-refractivity contribution in [2.75, 3.05) is 46.2 Å². The van der Waals surface area contributed by atoms with E-state index in [0.717, 1.165) is 32.2 Å². The van der Waals surface area contributed by atoms with Crippen LogP contribution < -0.4 is 5.32 Å². The fourth-order valence-electron chi connectivity index (χ4n) is 1.36. The zero-order valence-corrected chi connectivity index (χ0v) is 9.73. The van der Waals surface area contributed by atoms with Crippen LogP contribution in [0.15, 0.2) is 12.4 Å². The fourth-order valence-corrected chi connectivity index (χ4v) is 1.36. The third-order valence-corrected chi connectivity index (χ3v) is 2.34. The highest BCUT2D eigenvalue weighted by Crippen LogP contribution is 2.02. The second-order valence-corrected chi connectivity index (χ2v) is 3.49. The van der Waals surface area contributed by atoms with Crippen molar-refractivity contribution >= 4 is 5.95 Å². The molecule has 0 aliphatic carbocycles. The van der Waals surface area contributed by atoms with Gasteiger partial charge in [-0.05, 0) is 7.05 Å². The van der Waals surface area contributed by atoms with Gasteiger partial charge in [-0.3, -0.25) is 0 Å². The number of aromatic nitrogens is 2. The molecule has 1 aromatic rings. The number of ether oxygens (including phenoxy) is 1. The first-order valence-electron chi connectivity index (χ1n) is 5.14. The normalized spacial score (nSPS) is 10.9. The summed E-state index contributed by atoms with van der Waals surface area (Å²) in [6.07, 6.45) is 3.79. The van der Waals surface area contributed by atoms with Crippen molar-refractivity contribution in [2.24, 2.45) is 0 Å². The Morgan fingerprint density at radius 3 is 3.00 bits per heavy atom. The Kier molecular flexibility index (Phi) is 5.14. The van der Waals surface area contributed by atoms with Gasteiger partial charge in [0.15, 0.2) is 0 Å². The van der Waals surface area contributed by atoms with Gasteiger partial charge in [0.2, 0.25) is 5.95 Å². The van der Waals surface area contributed by atoms with E-state index in [9.17, 15) is 0 Å². The molecule has 0 amide bonds. The number of methoxy groups -OCH3 is 1. The van der Waals surface area contributed by atoms with E-state index in [1.165, 1.54) is 0 Å². The summed E-state index contributed by atoms with van der Waals surface area (Å²) in [4.78, 5) is 6.42. The molecule has 0 saturated carbocycles. The summed E-state index contributed by atoms with van der Waals surface area (Å²) in [6.45, 7) is 3.67. The minimum atomic E-state index is 0.777. The summed E-state index contributed by atoms with van der Waals surface area (Å²) in [5, 5.41) is 3.05. The monoisotopic (exact) mass is 212 g/mol. The van der Waals surface area contributed by atoms with Crippen molar-refractivity contribution in [3.8, 4) is 0 Å². The number of rotatable bonds is 7. The molecule has 1 rings (SSSR count). The lowest BCUT2D eigenvalue weighted by Gasteiger charge is -2.16. The van der Waals surface area contributed by atoms with Crippen molar-refractivity contribution in [1.82, 2.24) is 14.5 Å². The van der Waals surface area contributed by atoms with E-state index in [1.54, 1.807) is 13.3 Å². The number of imidazole rings is 1. The van der Waals surface area contributed by atoms with Crippen molar-refractivity contribution < 1.29 is 4.74 Å². The van der Waals surface area contributed by atoms with E-state index in [-0.39, 0.29) is 0 Å². The van der Waals surface area contributed by atoms with E-state index in [0.29, 0.717) is 0 Å². The molecule has 1 N–H and O–H groups in total. The van der Waals surface area contributed by atoms with Crippen molar-refractivity contribution in [1.29, 1.82) is 0 Å². The van der Waals surface area contributed by atoms with Gasteiger partial charge in [-0.1, -0.05) is 0 Å². The highest BCUT2D eigenvalue weighted by Gasteiger charge is 2.01. The zero-order valence-electron chi connectivity index (χ0n) is 9.73. The largest absolute Gasteiger partial charge is 0.383 e. The van der Waals surface area contributed by atoms with Crippen LogP contribution in [0.2, 0.25) is 0 Å². The number of nitrogens with zero attached hydrogens (tertiary/aromatic N) is 3. The van der Waals surface area contributed by atoms with Crippen LogP contribution in [0.25, 0.3) is 0 Å². The first-order chi connectivity index (χ1) is 7.27. The van der Waals surface area contributed by atoms with Gasteiger partial charge in [0.1, 0.15) is 0 Å². The summed E-state index contributed by atoms with van der Waals surface area (Å²) < 4.78 is 7.12. The molecule has 0 aromatic carbocycles. The Morgan fingerprint density at radius 1 is 1.53 bits per heavy atom. The highest BCUT2D eigenvalue weighted by molar-refractivity contribution is 5.23. The van der Waals surface area contributed by atoms with Crippen LogP contribution in [0, 0.1) is 0 Å². The van der Waals surface area contributed by atoms with Gasteiger partial charge in [0, 0.05) is 46.2 Å². The molecule has 0 bridgehead atoms. The molecule has 5 heteroatoms. The van der Waals surface area contributed by atoms with Gasteiger partial charge >= 0.3 is 0 Å². The summed E-state index contributed by atoms with van der Waals surface area (Å²) >= 11 is 0. The smallest absolute Gasteiger partial charge is 0.202 e. The van der Waals surface area contributed by atoms with Crippen LogP contribution in [-0.4, -0.2) is 55.4 Å². The molecule has 0 radical (unpaired) electrons. The van der Waals surface area contributed by atoms with Crippen molar-refractivity contribution in [3.63, 3.8) is 0 Å². The van der Waals surface area contributed by atoms with Crippen LogP contribution in [0.1, 0.15) is 0 Å². The van der Waals surface area contributed by atoms with E-state index in [1.807, 2.05) is 13.2 Å². The lowest BCUT2D eigenvalue weighted by atomic mass is 10.5. The number of nitrogens with one attached hydrogen (secondary N) is 1. The first-order valence-corrected chi connectivity index (χ1v) is 5.14. The maximum atomic E-state index is 5.02. The minimum Gasteiger partial charge on any atom is -0.383 e. The van der Waals surface area contributed by atoms with Crippen LogP contribution in [0.4, 0.5) is 5.95 Å². The molecule has 0 spiro atoms. The quantitative estimate of drug-likeness (QED) is 0.715. The Hall–Kier alpha value is -1.07. The lowest BCUT2D eigenvalue weighted by molar-refractivity contribution is 0.159. The second-order valence-electron chi connectivity index (χ2n) is 3.49. The zero-order chi connectivity index (χ0) is 11.1. The van der Waals surface area contributed by atoms with Crippen LogP contribution >= 0.6 is 0 Å². The van der Waals surface area contributed by atoms with Gasteiger partial charge < -0.3 is 19.5 Å². The van der Waals surface area contributed by atoms with Crippen LogP contribution in [-0.2, 0) is 11.3 Å². The second kappa shape index (κ2) is 6.42. The van der Waals surface area contributed by atoms with Crippen LogP contribution in [0.3, 0.4) is 0 Å². The maximum absolute atomic E-state index is 5.02. The van der Waals surface area contributed by atoms with Crippen molar-refractivity contribution in [3.05, 3.63) is 12.4 Å². The van der Waals surface area contributed by atoms with Crippen LogP contribution in [0.5, 0.6) is 0 Å². The molecule has 1 heterocycles. The average Bonchev–Trinajstić information content (AvgIpc) is 2.70. The molecule has 1 aromatic heterocycles. The summed E-state index contributed by atoms with van der Waals surface area (Å²) in [6, 6.07) is 0. The molecule has 0 atom stereocenters. The van der Waals surface area contributed by atoms with Gasteiger partial charge in [-0.25, -0.2) is 4.98 Å². The predicted molar refractivity (Wildman–Crippen MR) is 61.1 cm³/mol. The van der Waals surface area contributed by atoms with Gasteiger partial charge in [0.25, 0.3) is 0 Å². The summed E-state index contributed by atoms with van der Waals surface area (Å²) in [7, 11) is 5.70. The molecule has 0 aliphatic rings.